The maximum absolute atomic E-state index is 11.8. The summed E-state index contributed by atoms with van der Waals surface area (Å²) < 4.78 is 0. The molecule has 98 valence electrons. The summed E-state index contributed by atoms with van der Waals surface area (Å²) >= 11 is 0. The van der Waals surface area contributed by atoms with Gasteiger partial charge in [-0.15, -0.1) is 0 Å². The molecule has 2 rings (SSSR count). The summed E-state index contributed by atoms with van der Waals surface area (Å²) in [5.41, 5.74) is -0.831. The van der Waals surface area contributed by atoms with Crippen LogP contribution in [0.25, 0.3) is 0 Å². The van der Waals surface area contributed by atoms with Gasteiger partial charge >= 0.3 is 12.0 Å². The van der Waals surface area contributed by atoms with Crippen molar-refractivity contribution in [3.05, 3.63) is 18.2 Å². The van der Waals surface area contributed by atoms with E-state index in [9.17, 15) is 9.59 Å². The molecular weight excluding hydrogens is 236 g/mol. The van der Waals surface area contributed by atoms with Crippen LogP contribution >= 0.6 is 0 Å². The first kappa shape index (κ1) is 12.4. The molecule has 1 aromatic rings. The first-order valence-corrected chi connectivity index (χ1v) is 5.76. The lowest BCUT2D eigenvalue weighted by Gasteiger charge is -2.20. The van der Waals surface area contributed by atoms with Gasteiger partial charge in [0.15, 0.2) is 0 Å². The number of nitrogens with one attached hydrogen (secondary N) is 2. The first-order chi connectivity index (χ1) is 8.51. The molecule has 0 saturated carbocycles. The zero-order valence-corrected chi connectivity index (χ0v) is 10.1. The van der Waals surface area contributed by atoms with Crippen LogP contribution in [-0.4, -0.2) is 45.1 Å². The molecule has 1 saturated heterocycles. The topological polar surface area (TPSA) is 98.3 Å². The minimum atomic E-state index is -0.858. The summed E-state index contributed by atoms with van der Waals surface area (Å²) in [4.78, 5) is 31.3. The van der Waals surface area contributed by atoms with E-state index in [1.54, 1.807) is 19.3 Å². The number of carboxylic acids is 1. The van der Waals surface area contributed by atoms with Crippen LogP contribution in [0.15, 0.2) is 12.4 Å². The van der Waals surface area contributed by atoms with E-state index in [0.29, 0.717) is 25.3 Å². The fraction of sp³-hybridized carbons (Fsp3) is 0.545. The summed E-state index contributed by atoms with van der Waals surface area (Å²) in [6.07, 6.45) is 3.77. The van der Waals surface area contributed by atoms with Gasteiger partial charge in [-0.1, -0.05) is 0 Å². The van der Waals surface area contributed by atoms with Crippen molar-refractivity contribution in [2.75, 3.05) is 13.1 Å². The highest BCUT2D eigenvalue weighted by Crippen LogP contribution is 2.29. The Morgan fingerprint density at radius 3 is 3.00 bits per heavy atom. The highest BCUT2D eigenvalue weighted by Gasteiger charge is 2.42. The average Bonchev–Trinajstić information content (AvgIpc) is 2.95. The quantitative estimate of drug-likeness (QED) is 0.725. The lowest BCUT2D eigenvalue weighted by molar-refractivity contribution is -0.146. The Hall–Kier alpha value is -2.05. The zero-order chi connectivity index (χ0) is 13.2. The molecule has 0 spiro atoms. The Labute approximate surface area is 104 Å². The van der Waals surface area contributed by atoms with Crippen molar-refractivity contribution in [3.8, 4) is 0 Å². The van der Waals surface area contributed by atoms with Crippen molar-refractivity contribution in [1.29, 1.82) is 0 Å². The maximum Gasteiger partial charge on any atom is 0.317 e. The van der Waals surface area contributed by atoms with Gasteiger partial charge in [-0.3, -0.25) is 4.79 Å². The molecule has 0 aromatic carbocycles. The third-order valence-corrected chi connectivity index (χ3v) is 3.24. The number of H-pyrrole nitrogens is 1. The Bertz CT molecular complexity index is 445. The molecule has 1 unspecified atom stereocenters. The summed E-state index contributed by atoms with van der Waals surface area (Å²) in [5.74, 6) is -0.188. The van der Waals surface area contributed by atoms with Crippen LogP contribution in [-0.2, 0) is 11.3 Å². The number of nitrogens with zero attached hydrogens (tertiary/aromatic N) is 2. The molecule has 1 atom stereocenters. The van der Waals surface area contributed by atoms with Crippen molar-refractivity contribution >= 4 is 12.0 Å². The predicted molar refractivity (Wildman–Crippen MR) is 62.8 cm³/mol. The molecular formula is C11H16N4O3. The van der Waals surface area contributed by atoms with Crippen LogP contribution in [0.5, 0.6) is 0 Å². The SMILES string of the molecule is CC1(C(=O)O)CCN(C(=O)NCc2ncc[nH]2)C1. The van der Waals surface area contributed by atoms with Gasteiger partial charge in [0.05, 0.1) is 12.0 Å². The fourth-order valence-electron chi connectivity index (χ4n) is 1.97. The maximum atomic E-state index is 11.8. The number of imidazole rings is 1. The number of urea groups is 1. The van der Waals surface area contributed by atoms with Crippen LogP contribution < -0.4 is 5.32 Å². The third kappa shape index (κ3) is 2.44. The minimum Gasteiger partial charge on any atom is -0.481 e. The van der Waals surface area contributed by atoms with E-state index in [4.69, 9.17) is 5.11 Å². The number of carboxylic acid groups (broad SMARTS) is 1. The van der Waals surface area contributed by atoms with Gasteiger partial charge < -0.3 is 20.3 Å². The molecule has 3 N–H and O–H groups in total. The highest BCUT2D eigenvalue weighted by molar-refractivity contribution is 5.79. The number of carbonyl (C=O) groups is 2. The number of hydrogen-bond donors (Lipinski definition) is 3. The summed E-state index contributed by atoms with van der Waals surface area (Å²) in [7, 11) is 0. The Morgan fingerprint density at radius 1 is 1.67 bits per heavy atom. The summed E-state index contributed by atoms with van der Waals surface area (Å²) in [5, 5.41) is 11.8. The molecule has 0 radical (unpaired) electrons. The molecule has 1 aromatic heterocycles. The first-order valence-electron chi connectivity index (χ1n) is 5.76. The standard InChI is InChI=1S/C11H16N4O3/c1-11(9(16)17)2-5-15(7-11)10(18)14-6-8-12-3-4-13-8/h3-4H,2,5-7H2,1H3,(H,12,13)(H,14,18)(H,16,17). The monoisotopic (exact) mass is 252 g/mol. The van der Waals surface area contributed by atoms with Crippen molar-refractivity contribution in [2.24, 2.45) is 5.41 Å². The molecule has 1 fully saturated rings. The van der Waals surface area contributed by atoms with Crippen molar-refractivity contribution in [1.82, 2.24) is 20.2 Å². The van der Waals surface area contributed by atoms with Crippen molar-refractivity contribution in [3.63, 3.8) is 0 Å². The van der Waals surface area contributed by atoms with E-state index in [1.807, 2.05) is 0 Å². The fourth-order valence-corrected chi connectivity index (χ4v) is 1.97. The predicted octanol–water partition coefficient (Wildman–Crippen LogP) is 0.416. The summed E-state index contributed by atoms with van der Waals surface area (Å²) in [6, 6.07) is -0.253. The molecule has 7 heteroatoms. The molecule has 18 heavy (non-hydrogen) atoms. The van der Waals surface area contributed by atoms with Gasteiger partial charge in [0.2, 0.25) is 0 Å². The van der Waals surface area contributed by atoms with Crippen molar-refractivity contribution in [2.45, 2.75) is 19.9 Å². The van der Waals surface area contributed by atoms with E-state index >= 15 is 0 Å². The number of likely N-dealkylation sites (tertiary alicyclic amines) is 1. The Morgan fingerprint density at radius 2 is 2.44 bits per heavy atom. The summed E-state index contributed by atoms with van der Waals surface area (Å²) in [6.45, 7) is 2.68. The van der Waals surface area contributed by atoms with Gasteiger partial charge in [0, 0.05) is 25.5 Å². The number of amides is 2. The van der Waals surface area contributed by atoms with E-state index in [2.05, 4.69) is 15.3 Å². The van der Waals surface area contributed by atoms with Crippen LogP contribution in [0.4, 0.5) is 4.79 Å². The average molecular weight is 252 g/mol. The second kappa shape index (κ2) is 4.67. The number of aliphatic carboxylic acids is 1. The number of aromatic nitrogens is 2. The molecule has 0 aliphatic carbocycles. The number of carbonyl (C=O) groups excluding carboxylic acids is 1. The largest absolute Gasteiger partial charge is 0.481 e. The van der Waals surface area contributed by atoms with Gasteiger partial charge in [-0.25, -0.2) is 9.78 Å². The number of aromatic amines is 1. The Balaban J connectivity index is 1.86. The van der Waals surface area contributed by atoms with Crippen LogP contribution in [0, 0.1) is 5.41 Å². The van der Waals surface area contributed by atoms with E-state index in [-0.39, 0.29) is 12.6 Å². The molecule has 2 heterocycles. The van der Waals surface area contributed by atoms with Gasteiger partial charge in [-0.05, 0) is 13.3 Å². The smallest absolute Gasteiger partial charge is 0.317 e. The lowest BCUT2D eigenvalue weighted by atomic mass is 9.90. The van der Waals surface area contributed by atoms with Gasteiger partial charge in [0.1, 0.15) is 5.82 Å². The molecule has 1 aliphatic heterocycles. The molecule has 1 aliphatic rings. The molecule has 0 bridgehead atoms. The highest BCUT2D eigenvalue weighted by atomic mass is 16.4. The zero-order valence-electron chi connectivity index (χ0n) is 10.1. The van der Waals surface area contributed by atoms with Gasteiger partial charge in [-0.2, -0.15) is 0 Å². The van der Waals surface area contributed by atoms with Crippen LogP contribution in [0.3, 0.4) is 0 Å². The second-order valence-corrected chi connectivity index (χ2v) is 4.73. The number of rotatable bonds is 3. The van der Waals surface area contributed by atoms with Crippen LogP contribution in [0.2, 0.25) is 0 Å². The lowest BCUT2D eigenvalue weighted by Crippen LogP contribution is -2.40. The molecule has 2 amide bonds. The van der Waals surface area contributed by atoms with E-state index < -0.39 is 11.4 Å². The normalized spacial score (nSPS) is 23.1. The number of hydrogen-bond acceptors (Lipinski definition) is 3. The van der Waals surface area contributed by atoms with Crippen molar-refractivity contribution < 1.29 is 14.7 Å². The van der Waals surface area contributed by atoms with Gasteiger partial charge in [0.25, 0.3) is 0 Å². The van der Waals surface area contributed by atoms with Crippen LogP contribution in [0.1, 0.15) is 19.2 Å². The Kier molecular flexibility index (Phi) is 3.22. The van der Waals surface area contributed by atoms with E-state index in [0.717, 1.165) is 0 Å². The second-order valence-electron chi connectivity index (χ2n) is 4.73. The van der Waals surface area contributed by atoms with E-state index in [1.165, 1.54) is 4.90 Å². The minimum absolute atomic E-state index is 0.242. The third-order valence-electron chi connectivity index (χ3n) is 3.24. The molecule has 7 nitrogen and oxygen atoms in total.